The molecule has 10 N–H and O–H groups in total. The lowest BCUT2D eigenvalue weighted by atomic mass is 9.81. The second-order valence-corrected chi connectivity index (χ2v) is 25.0. The van der Waals surface area contributed by atoms with E-state index in [2.05, 4.69) is 122 Å². The Labute approximate surface area is 526 Å². The van der Waals surface area contributed by atoms with E-state index in [-0.39, 0.29) is 59.1 Å². The van der Waals surface area contributed by atoms with Crippen molar-refractivity contribution < 1.29 is 28.7 Å². The number of anilines is 10. The summed E-state index contributed by atoms with van der Waals surface area (Å²) in [4.78, 5) is 71.6. The first-order valence-electron chi connectivity index (χ1n) is 31.6. The first-order chi connectivity index (χ1) is 42.9. The molecule has 4 atom stereocenters. The van der Waals surface area contributed by atoms with E-state index in [1.165, 1.54) is 47.1 Å². The molecular formula is C68H95N15O6. The second kappa shape index (κ2) is 30.1. The van der Waals surface area contributed by atoms with Crippen molar-refractivity contribution in [2.24, 2.45) is 5.41 Å². The first-order valence-corrected chi connectivity index (χ1v) is 31.6. The van der Waals surface area contributed by atoms with Crippen LogP contribution >= 0.6 is 0 Å². The van der Waals surface area contributed by atoms with E-state index in [4.69, 9.17) is 4.74 Å². The zero-order chi connectivity index (χ0) is 63.4. The van der Waals surface area contributed by atoms with E-state index in [0.717, 1.165) is 155 Å². The number of carbonyl (C=O) groups is 5. The predicted molar refractivity (Wildman–Crippen MR) is 361 cm³/mol. The lowest BCUT2D eigenvalue weighted by Crippen LogP contribution is -2.54. The smallest absolute Gasteiger partial charge is 0.242 e. The maximum Gasteiger partial charge on any atom is 0.242 e. The van der Waals surface area contributed by atoms with Crippen molar-refractivity contribution in [2.75, 3.05) is 175 Å². The number of benzene rings is 5. The molecule has 3 saturated heterocycles. The van der Waals surface area contributed by atoms with Gasteiger partial charge in [0.2, 0.25) is 29.5 Å². The van der Waals surface area contributed by atoms with Gasteiger partial charge in [0, 0.05) is 137 Å². The number of carbonyl (C=O) groups excluding carboxylic acids is 5. The Morgan fingerprint density at radius 2 is 0.764 bits per heavy atom. The van der Waals surface area contributed by atoms with Crippen molar-refractivity contribution in [1.29, 1.82) is 0 Å². The van der Waals surface area contributed by atoms with E-state index in [1.807, 2.05) is 117 Å². The maximum absolute atomic E-state index is 12.4. The van der Waals surface area contributed by atoms with Gasteiger partial charge in [0.15, 0.2) is 0 Å². The molecule has 478 valence electrons. The van der Waals surface area contributed by atoms with Crippen LogP contribution in [0.15, 0.2) is 91.0 Å². The van der Waals surface area contributed by atoms with E-state index >= 15 is 0 Å². The van der Waals surface area contributed by atoms with Crippen LogP contribution in [0.2, 0.25) is 0 Å². The number of fused-ring (bicyclic) bond motifs is 5. The number of nitrogens with one attached hydrogen (secondary N) is 10. The molecule has 8 aliphatic rings. The highest BCUT2D eigenvalue weighted by Crippen LogP contribution is 2.36. The normalized spacial score (nSPS) is 22.0. The van der Waals surface area contributed by atoms with E-state index < -0.39 is 0 Å². The van der Waals surface area contributed by atoms with Gasteiger partial charge in [0.1, 0.15) is 0 Å². The van der Waals surface area contributed by atoms with Gasteiger partial charge in [0.25, 0.3) is 0 Å². The molecule has 5 amide bonds. The minimum absolute atomic E-state index is 0.0170. The molecule has 0 saturated carbocycles. The average molecular weight is 1220 g/mol. The molecule has 0 aromatic heterocycles. The SMILES string of the molecule is CNc1ccc2c(c1)NC(=O)C(C)(C)C2.CNc1ccc2c(c1)NC(=O)C(N(C)C)C2.CNc1ccc2c(c1)NC(=O)C(N1CCCCC1)C2.CNc1ccc2c(c1)NC(=O)C(N1CCN(C)CC1)C2.CNc1ccc2c(c1)NC(=O)C(N1CCOCC1)C2. The summed E-state index contributed by atoms with van der Waals surface area (Å²) in [5.41, 5.74) is 15.6. The van der Waals surface area contributed by atoms with Crippen LogP contribution in [0.5, 0.6) is 0 Å². The van der Waals surface area contributed by atoms with E-state index in [0.29, 0.717) is 0 Å². The van der Waals surface area contributed by atoms with Crippen molar-refractivity contribution in [3.63, 3.8) is 0 Å². The number of piperidine rings is 1. The monoisotopic (exact) mass is 1220 g/mol. The van der Waals surface area contributed by atoms with Gasteiger partial charge >= 0.3 is 0 Å². The molecule has 4 unspecified atom stereocenters. The highest BCUT2D eigenvalue weighted by Gasteiger charge is 2.37. The van der Waals surface area contributed by atoms with Crippen molar-refractivity contribution in [3.05, 3.63) is 119 Å². The molecule has 0 aliphatic carbocycles. The summed E-state index contributed by atoms with van der Waals surface area (Å²) < 4.78 is 5.34. The van der Waals surface area contributed by atoms with Crippen LogP contribution in [0.3, 0.4) is 0 Å². The third-order valence-electron chi connectivity index (χ3n) is 18.3. The third-order valence-corrected chi connectivity index (χ3v) is 18.3. The number of likely N-dealkylation sites (tertiary alicyclic amines) is 1. The number of piperazine rings is 1. The molecule has 8 aliphatic heterocycles. The zero-order valence-electron chi connectivity index (χ0n) is 53.9. The van der Waals surface area contributed by atoms with Crippen molar-refractivity contribution >= 4 is 86.4 Å². The van der Waals surface area contributed by atoms with Crippen molar-refractivity contribution in [1.82, 2.24) is 24.5 Å². The van der Waals surface area contributed by atoms with Gasteiger partial charge < -0.3 is 62.8 Å². The Morgan fingerprint density at radius 1 is 0.427 bits per heavy atom. The molecule has 5 aromatic carbocycles. The lowest BCUT2D eigenvalue weighted by Gasteiger charge is -2.39. The zero-order valence-corrected chi connectivity index (χ0v) is 53.9. The fourth-order valence-corrected chi connectivity index (χ4v) is 12.6. The Balaban J connectivity index is 0.000000133. The fraction of sp³-hybridized carbons (Fsp3) is 0.485. The Bertz CT molecular complexity index is 3210. The number of rotatable bonds is 9. The van der Waals surface area contributed by atoms with Crippen LogP contribution in [-0.4, -0.2) is 200 Å². The van der Waals surface area contributed by atoms with Crippen molar-refractivity contribution in [3.8, 4) is 0 Å². The number of hydrogen-bond acceptors (Lipinski definition) is 16. The van der Waals surface area contributed by atoms with E-state index in [1.54, 1.807) is 0 Å². The highest BCUT2D eigenvalue weighted by atomic mass is 16.5. The maximum atomic E-state index is 12.4. The Morgan fingerprint density at radius 3 is 1.15 bits per heavy atom. The Hall–Kier alpha value is -7.79. The number of hydrogen-bond donors (Lipinski definition) is 10. The summed E-state index contributed by atoms with van der Waals surface area (Å²) in [6.07, 6.45) is 7.75. The van der Waals surface area contributed by atoms with Crippen molar-refractivity contribution in [2.45, 2.75) is 89.4 Å². The van der Waals surface area contributed by atoms with Gasteiger partial charge in [-0.25, -0.2) is 0 Å². The van der Waals surface area contributed by atoms with Crippen LogP contribution < -0.4 is 53.2 Å². The van der Waals surface area contributed by atoms with Crippen LogP contribution in [0, 0.1) is 5.41 Å². The standard InChI is InChI=1S/C15H22N4O.C15H21N3O.C14H19N3O2.C12H17N3O.C12H16N2O/c1-16-12-4-3-11-9-14(15(20)17-13(11)10-12)19-7-5-18(2)6-8-19;1-16-12-6-5-11-9-14(15(19)17-13(11)10-12)18-7-3-2-4-8-18;1-15-11-3-2-10-8-13(14(18)16-12(10)9-11)17-4-6-19-7-5-17;1-13-9-5-4-8-6-11(15(2)3)12(16)14-10(8)7-9;1-12(2)7-8-4-5-9(13-3)6-10(8)14-11(12)15/h3-4,10,14,16H,5-9H2,1-2H3,(H,17,20);5-6,10,14,16H,2-4,7-9H2,1H3,(H,17,19);2-3,9,13,15H,4-8H2,1H3,(H,16,18);4-5,7,11,13H,6H2,1-3H3,(H,14,16);4-6,13H,7H2,1-3H3,(H,14,15). The summed E-state index contributed by atoms with van der Waals surface area (Å²) in [5.74, 6) is 0.564. The quantitative estimate of drug-likeness (QED) is 0.0701. The number of amides is 5. The summed E-state index contributed by atoms with van der Waals surface area (Å²) in [6, 6.07) is 30.6. The molecule has 8 heterocycles. The number of likely N-dealkylation sites (N-methyl/N-ethyl adjacent to an activating group) is 2. The molecule has 3 fully saturated rings. The highest BCUT2D eigenvalue weighted by molar-refractivity contribution is 6.01. The molecule has 5 aromatic rings. The summed E-state index contributed by atoms with van der Waals surface area (Å²) in [7, 11) is 15.4. The van der Waals surface area contributed by atoms with Gasteiger partial charge in [-0.15, -0.1) is 0 Å². The fourth-order valence-electron chi connectivity index (χ4n) is 12.6. The van der Waals surface area contributed by atoms with Gasteiger partial charge in [-0.2, -0.15) is 0 Å². The van der Waals surface area contributed by atoms with Gasteiger partial charge in [-0.05, 0) is 168 Å². The Kier molecular flexibility index (Phi) is 22.2. The minimum atomic E-state index is -0.297. The molecule has 21 nitrogen and oxygen atoms in total. The topological polar surface area (TPSA) is 231 Å². The van der Waals surface area contributed by atoms with Crippen LogP contribution in [0.4, 0.5) is 56.9 Å². The average Bonchev–Trinajstić information content (AvgIpc) is 1.47. The second-order valence-electron chi connectivity index (χ2n) is 25.0. The van der Waals surface area contributed by atoms with Crippen LogP contribution in [0.1, 0.15) is 60.9 Å². The summed E-state index contributed by atoms with van der Waals surface area (Å²) >= 11 is 0. The van der Waals surface area contributed by atoms with Crippen LogP contribution in [-0.2, 0) is 60.8 Å². The third kappa shape index (κ3) is 16.5. The lowest BCUT2D eigenvalue weighted by molar-refractivity contribution is -0.124. The molecule has 21 heteroatoms. The molecule has 0 radical (unpaired) electrons. The van der Waals surface area contributed by atoms with Gasteiger partial charge in [-0.1, -0.05) is 50.6 Å². The van der Waals surface area contributed by atoms with Gasteiger partial charge in [0.05, 0.1) is 37.4 Å². The molecule has 0 bridgehead atoms. The molecule has 89 heavy (non-hydrogen) atoms. The largest absolute Gasteiger partial charge is 0.388 e. The molecule has 0 spiro atoms. The molecular weight excluding hydrogens is 1120 g/mol. The minimum Gasteiger partial charge on any atom is -0.388 e. The predicted octanol–water partition coefficient (Wildman–Crippen LogP) is 7.24. The van der Waals surface area contributed by atoms with E-state index in [9.17, 15) is 24.0 Å². The number of ether oxygens (including phenoxy) is 1. The summed E-state index contributed by atoms with van der Waals surface area (Å²) in [6.45, 7) is 13.2. The summed E-state index contributed by atoms with van der Waals surface area (Å²) in [5, 5.41) is 30.5. The van der Waals surface area contributed by atoms with Gasteiger partial charge in [-0.3, -0.25) is 43.6 Å². The number of nitrogens with zero attached hydrogens (tertiary/aromatic N) is 5. The first kappa shape index (κ1) is 65.7. The van der Waals surface area contributed by atoms with Crippen LogP contribution in [0.25, 0.3) is 0 Å². The molecule has 13 rings (SSSR count). The number of morpholine rings is 1.